The van der Waals surface area contributed by atoms with Gasteiger partial charge < -0.3 is 4.57 Å². The molecule has 4 nitrogen and oxygen atoms in total. The van der Waals surface area contributed by atoms with Crippen molar-refractivity contribution in [2.45, 2.75) is 26.8 Å². The predicted octanol–water partition coefficient (Wildman–Crippen LogP) is 3.38. The van der Waals surface area contributed by atoms with E-state index in [1.54, 1.807) is 0 Å². The largest absolute Gasteiger partial charge is 0.306 e. The van der Waals surface area contributed by atoms with Gasteiger partial charge in [0.05, 0.1) is 16.7 Å². The molecule has 0 radical (unpaired) electrons. The summed E-state index contributed by atoms with van der Waals surface area (Å²) in [7, 11) is 0. The number of aromatic nitrogens is 3. The maximum absolute atomic E-state index is 12.2. The van der Waals surface area contributed by atoms with Crippen molar-refractivity contribution in [1.82, 2.24) is 14.0 Å². The zero-order valence-corrected chi connectivity index (χ0v) is 11.8. The van der Waals surface area contributed by atoms with Crippen LogP contribution >= 0.6 is 0 Å². The molecule has 0 saturated carbocycles. The van der Waals surface area contributed by atoms with Crippen LogP contribution in [0, 0.1) is 6.92 Å². The highest BCUT2D eigenvalue weighted by Gasteiger charge is 2.20. The molecule has 3 aromatic rings. The van der Waals surface area contributed by atoms with Crippen molar-refractivity contribution in [3.05, 3.63) is 48.3 Å². The predicted molar refractivity (Wildman–Crippen MR) is 80.2 cm³/mol. The number of allylic oxidation sites excluding steroid dienone is 1. The number of imidazole rings is 2. The average Bonchev–Trinajstić information content (AvgIpc) is 2.94. The molecule has 4 heteroatoms. The molecule has 3 rings (SSSR count). The second-order valence-electron chi connectivity index (χ2n) is 4.85. The third-order valence-electron chi connectivity index (χ3n) is 3.59. The molecule has 0 aliphatic rings. The second kappa shape index (κ2) is 4.63. The molecule has 0 N–H and O–H groups in total. The summed E-state index contributed by atoms with van der Waals surface area (Å²) >= 11 is 0. The van der Waals surface area contributed by atoms with Gasteiger partial charge in [0.2, 0.25) is 5.78 Å². The van der Waals surface area contributed by atoms with Gasteiger partial charge in [0.15, 0.2) is 5.78 Å². The van der Waals surface area contributed by atoms with Crippen molar-refractivity contribution in [3.8, 4) is 0 Å². The second-order valence-corrected chi connectivity index (χ2v) is 4.85. The van der Waals surface area contributed by atoms with Crippen molar-refractivity contribution in [2.75, 3.05) is 0 Å². The van der Waals surface area contributed by atoms with Crippen molar-refractivity contribution in [2.24, 2.45) is 0 Å². The number of rotatable bonds is 4. The number of nitrogens with zero attached hydrogens (tertiary/aromatic N) is 3. The number of hydrogen-bond donors (Lipinski definition) is 0. The lowest BCUT2D eigenvalue weighted by Gasteiger charge is -2.00. The van der Waals surface area contributed by atoms with Crippen molar-refractivity contribution in [1.29, 1.82) is 0 Å². The minimum Gasteiger partial charge on any atom is -0.306 e. The Morgan fingerprint density at radius 1 is 1.35 bits per heavy atom. The third kappa shape index (κ3) is 1.61. The number of ketones is 1. The molecule has 102 valence electrons. The van der Waals surface area contributed by atoms with Crippen LogP contribution in [0.15, 0.2) is 36.9 Å². The highest BCUT2D eigenvalue weighted by molar-refractivity contribution is 5.98. The number of fused-ring (bicyclic) bond motifs is 3. The fourth-order valence-corrected chi connectivity index (χ4v) is 2.72. The van der Waals surface area contributed by atoms with Crippen LogP contribution < -0.4 is 0 Å². The van der Waals surface area contributed by atoms with Crippen LogP contribution in [0.1, 0.15) is 29.5 Å². The molecular formula is C16H17N3O. The summed E-state index contributed by atoms with van der Waals surface area (Å²) in [5, 5.41) is 0. The quantitative estimate of drug-likeness (QED) is 0.537. The molecule has 0 aliphatic carbocycles. The van der Waals surface area contributed by atoms with Gasteiger partial charge in [-0.2, -0.15) is 0 Å². The lowest BCUT2D eigenvalue weighted by atomic mass is 10.2. The third-order valence-corrected chi connectivity index (χ3v) is 3.59. The smallest absolute Gasteiger partial charge is 0.216 e. The number of carbonyl (C=O) groups is 1. The Morgan fingerprint density at radius 2 is 2.05 bits per heavy atom. The first-order valence-electron chi connectivity index (χ1n) is 6.79. The summed E-state index contributed by atoms with van der Waals surface area (Å²) in [5.74, 6) is 0.928. The van der Waals surface area contributed by atoms with Crippen molar-refractivity contribution < 1.29 is 4.79 Å². The summed E-state index contributed by atoms with van der Waals surface area (Å²) in [5.41, 5.74) is 3.57. The highest BCUT2D eigenvalue weighted by Crippen LogP contribution is 2.25. The topological polar surface area (TPSA) is 39.3 Å². The molecule has 0 spiro atoms. The lowest BCUT2D eigenvalue weighted by molar-refractivity contribution is 0.0982. The summed E-state index contributed by atoms with van der Waals surface area (Å²) in [6.07, 6.45) is 2.33. The number of benzene rings is 1. The fourth-order valence-electron chi connectivity index (χ4n) is 2.72. The van der Waals surface area contributed by atoms with Crippen LogP contribution in [0.4, 0.5) is 0 Å². The van der Waals surface area contributed by atoms with E-state index in [9.17, 15) is 4.79 Å². The van der Waals surface area contributed by atoms with Crippen LogP contribution in [-0.2, 0) is 6.54 Å². The molecular weight excluding hydrogens is 250 g/mol. The molecule has 1 aromatic carbocycles. The highest BCUT2D eigenvalue weighted by atomic mass is 16.1. The molecule has 20 heavy (non-hydrogen) atoms. The van der Waals surface area contributed by atoms with E-state index in [0.29, 0.717) is 18.7 Å². The molecule has 2 heterocycles. The van der Waals surface area contributed by atoms with E-state index in [2.05, 4.69) is 16.1 Å². The zero-order valence-electron chi connectivity index (χ0n) is 11.8. The number of carbonyl (C=O) groups excluding carboxylic acids is 1. The first kappa shape index (κ1) is 12.7. The van der Waals surface area contributed by atoms with Gasteiger partial charge >= 0.3 is 0 Å². The van der Waals surface area contributed by atoms with E-state index >= 15 is 0 Å². The summed E-state index contributed by atoms with van der Waals surface area (Å²) in [6.45, 7) is 8.25. The lowest BCUT2D eigenvalue weighted by Crippen LogP contribution is -2.03. The minimum absolute atomic E-state index is 0.122. The molecule has 0 amide bonds. The van der Waals surface area contributed by atoms with Crippen LogP contribution in [0.25, 0.3) is 16.8 Å². The van der Waals surface area contributed by atoms with E-state index in [1.165, 1.54) is 0 Å². The Kier molecular flexibility index (Phi) is 2.93. The molecule has 0 saturated heterocycles. The summed E-state index contributed by atoms with van der Waals surface area (Å²) in [6, 6.07) is 8.05. The summed E-state index contributed by atoms with van der Waals surface area (Å²) < 4.78 is 4.06. The first-order chi connectivity index (χ1) is 9.69. The Hall–Kier alpha value is -2.36. The van der Waals surface area contributed by atoms with Crippen molar-refractivity contribution >= 4 is 22.6 Å². The van der Waals surface area contributed by atoms with E-state index < -0.39 is 0 Å². The Balaban J connectivity index is 2.49. The number of Topliss-reactive ketones (excluding diaryl/α,β-unsaturated/α-hetero) is 1. The van der Waals surface area contributed by atoms with Gasteiger partial charge in [-0.05, 0) is 19.1 Å². The number of aryl methyl sites for hydroxylation is 1. The Morgan fingerprint density at radius 3 is 2.70 bits per heavy atom. The first-order valence-corrected chi connectivity index (χ1v) is 6.79. The van der Waals surface area contributed by atoms with Crippen LogP contribution in [0.3, 0.4) is 0 Å². The van der Waals surface area contributed by atoms with Gasteiger partial charge in [0.1, 0.15) is 5.69 Å². The van der Waals surface area contributed by atoms with Gasteiger partial charge in [-0.15, -0.1) is 6.58 Å². The van der Waals surface area contributed by atoms with Crippen LogP contribution in [-0.4, -0.2) is 19.7 Å². The van der Waals surface area contributed by atoms with E-state index in [4.69, 9.17) is 0 Å². The number of para-hydroxylation sites is 2. The van der Waals surface area contributed by atoms with Gasteiger partial charge in [-0.25, -0.2) is 4.98 Å². The van der Waals surface area contributed by atoms with Crippen molar-refractivity contribution in [3.63, 3.8) is 0 Å². The van der Waals surface area contributed by atoms with Crippen LogP contribution in [0.2, 0.25) is 0 Å². The van der Waals surface area contributed by atoms with Crippen LogP contribution in [0.5, 0.6) is 0 Å². The summed E-state index contributed by atoms with van der Waals surface area (Å²) in [4.78, 5) is 16.8. The van der Waals surface area contributed by atoms with E-state index in [0.717, 1.165) is 22.5 Å². The maximum Gasteiger partial charge on any atom is 0.216 e. The van der Waals surface area contributed by atoms with Gasteiger partial charge in [0, 0.05) is 13.0 Å². The van der Waals surface area contributed by atoms with E-state index in [1.807, 2.05) is 48.6 Å². The monoisotopic (exact) mass is 267 g/mol. The maximum atomic E-state index is 12.2. The van der Waals surface area contributed by atoms with Gasteiger partial charge in [0.25, 0.3) is 0 Å². The standard InChI is InChI=1S/C16H17N3O/c1-4-10-18-12-8-6-7-9-13(12)19-15(14(20)5-2)11(3)17-16(18)19/h4,6-9H,1,5,10H2,2-3H3. The SMILES string of the molecule is C=CCn1c2ccccc2n2c(C(=O)CC)c(C)nc12. The molecule has 2 aromatic heterocycles. The average molecular weight is 267 g/mol. The molecule has 0 bridgehead atoms. The molecule has 0 unspecified atom stereocenters. The Labute approximate surface area is 117 Å². The van der Waals surface area contributed by atoms with Gasteiger partial charge in [-0.3, -0.25) is 9.20 Å². The Bertz CT molecular complexity index is 823. The van der Waals surface area contributed by atoms with Gasteiger partial charge in [-0.1, -0.05) is 25.1 Å². The molecule has 0 fully saturated rings. The fraction of sp³-hybridized carbons (Fsp3) is 0.250. The normalized spacial score (nSPS) is 11.3. The molecule has 0 atom stereocenters. The minimum atomic E-state index is 0.122. The van der Waals surface area contributed by atoms with E-state index in [-0.39, 0.29) is 5.78 Å². The molecule has 0 aliphatic heterocycles. The zero-order chi connectivity index (χ0) is 14.3. The number of hydrogen-bond acceptors (Lipinski definition) is 2.